The maximum atomic E-state index is 12.3. The largest absolute Gasteiger partial charge is 0.417 e. The Morgan fingerprint density at radius 1 is 1.29 bits per heavy atom. The number of methoxy groups -OCH3 is 1. The molecule has 0 aliphatic carbocycles. The van der Waals surface area contributed by atoms with E-state index in [2.05, 4.69) is 4.74 Å². The average Bonchev–Trinajstić information content (AvgIpc) is 2.30. The number of alkyl halides is 3. The van der Waals surface area contributed by atoms with Crippen molar-refractivity contribution in [2.24, 2.45) is 0 Å². The molecular weight excluding hydrogens is 253 g/mol. The molecule has 2 atom stereocenters. The average molecular weight is 266 g/mol. The summed E-state index contributed by atoms with van der Waals surface area (Å²) in [4.78, 5) is 0. The first-order valence-corrected chi connectivity index (χ1v) is 5.93. The molecule has 0 saturated carbocycles. The van der Waals surface area contributed by atoms with Crippen LogP contribution in [0.3, 0.4) is 0 Å². The van der Waals surface area contributed by atoms with Gasteiger partial charge in [-0.1, -0.05) is 30.3 Å². The molecule has 0 fully saturated rings. The lowest BCUT2D eigenvalue weighted by atomic mass is 10.2. The molecule has 0 aliphatic rings. The van der Waals surface area contributed by atoms with Crippen LogP contribution in [0.5, 0.6) is 0 Å². The zero-order valence-corrected chi connectivity index (χ0v) is 9.96. The van der Waals surface area contributed by atoms with Crippen LogP contribution in [0.15, 0.2) is 30.3 Å². The molecule has 2 nitrogen and oxygen atoms in total. The number of aliphatic hydroxyl groups is 1. The third-order valence-electron chi connectivity index (χ3n) is 2.08. The third kappa shape index (κ3) is 4.57. The van der Waals surface area contributed by atoms with E-state index in [1.54, 1.807) is 24.3 Å². The van der Waals surface area contributed by atoms with Gasteiger partial charge in [0.1, 0.15) is 5.44 Å². The van der Waals surface area contributed by atoms with Crippen molar-refractivity contribution in [2.45, 2.75) is 23.5 Å². The highest BCUT2D eigenvalue weighted by Crippen LogP contribution is 2.30. The van der Waals surface area contributed by atoms with E-state index in [-0.39, 0.29) is 0 Å². The predicted molar refractivity (Wildman–Crippen MR) is 60.6 cm³/mol. The second-order valence-electron chi connectivity index (χ2n) is 3.39. The van der Waals surface area contributed by atoms with Crippen molar-refractivity contribution >= 4 is 11.8 Å². The van der Waals surface area contributed by atoms with Crippen LogP contribution in [0.2, 0.25) is 0 Å². The van der Waals surface area contributed by atoms with Crippen LogP contribution in [-0.2, 0) is 10.5 Å². The van der Waals surface area contributed by atoms with Crippen LogP contribution in [-0.4, -0.2) is 29.9 Å². The lowest BCUT2D eigenvalue weighted by Gasteiger charge is -2.23. The van der Waals surface area contributed by atoms with Crippen LogP contribution in [0.25, 0.3) is 0 Å². The molecule has 0 heterocycles. The summed E-state index contributed by atoms with van der Waals surface area (Å²) < 4.78 is 41.5. The van der Waals surface area contributed by atoms with E-state index >= 15 is 0 Å². The molecular formula is C11H13F3O2S. The number of thioether (sulfide) groups is 1. The normalized spacial score (nSPS) is 15.6. The van der Waals surface area contributed by atoms with Crippen molar-refractivity contribution in [1.82, 2.24) is 0 Å². The summed E-state index contributed by atoms with van der Waals surface area (Å²) >= 11 is 0.917. The van der Waals surface area contributed by atoms with Crippen molar-refractivity contribution in [3.63, 3.8) is 0 Å². The van der Waals surface area contributed by atoms with E-state index in [1.807, 2.05) is 6.07 Å². The van der Waals surface area contributed by atoms with Gasteiger partial charge in [-0.2, -0.15) is 13.2 Å². The lowest BCUT2D eigenvalue weighted by molar-refractivity contribution is -0.220. The van der Waals surface area contributed by atoms with Crippen molar-refractivity contribution in [2.75, 3.05) is 7.11 Å². The zero-order chi connectivity index (χ0) is 12.9. The molecule has 17 heavy (non-hydrogen) atoms. The molecule has 1 N–H and O–H groups in total. The molecule has 0 bridgehead atoms. The van der Waals surface area contributed by atoms with E-state index in [1.165, 1.54) is 0 Å². The molecule has 1 aromatic carbocycles. The van der Waals surface area contributed by atoms with E-state index in [9.17, 15) is 13.2 Å². The number of rotatable bonds is 5. The van der Waals surface area contributed by atoms with Crippen molar-refractivity contribution < 1.29 is 23.0 Å². The van der Waals surface area contributed by atoms with Gasteiger partial charge < -0.3 is 9.84 Å². The SMILES string of the molecule is COC(SCc1ccccc1)C(O)C(F)(F)F. The molecule has 1 aromatic rings. The number of ether oxygens (including phenoxy) is 1. The summed E-state index contributed by atoms with van der Waals surface area (Å²) in [7, 11) is 1.15. The molecule has 6 heteroatoms. The van der Waals surface area contributed by atoms with Crippen molar-refractivity contribution in [3.8, 4) is 0 Å². The number of halogens is 3. The van der Waals surface area contributed by atoms with E-state index in [0.29, 0.717) is 5.75 Å². The maximum absolute atomic E-state index is 12.3. The molecule has 2 unspecified atom stereocenters. The smallest absolute Gasteiger partial charge is 0.381 e. The van der Waals surface area contributed by atoms with E-state index in [0.717, 1.165) is 24.4 Å². The zero-order valence-electron chi connectivity index (χ0n) is 9.15. The maximum Gasteiger partial charge on any atom is 0.417 e. The number of aliphatic hydroxyl groups excluding tert-OH is 1. The predicted octanol–water partition coefficient (Wildman–Crippen LogP) is 2.82. The highest BCUT2D eigenvalue weighted by molar-refractivity contribution is 7.99. The van der Waals surface area contributed by atoms with Crippen LogP contribution >= 0.6 is 11.8 Å². The Bertz CT molecular complexity index is 329. The molecule has 0 radical (unpaired) electrons. The highest BCUT2D eigenvalue weighted by Gasteiger charge is 2.44. The standard InChI is InChI=1S/C11H13F3O2S/c1-16-10(9(15)11(12,13)14)17-7-8-5-3-2-4-6-8/h2-6,9-10,15H,7H2,1H3. The van der Waals surface area contributed by atoms with Gasteiger partial charge in [0.15, 0.2) is 6.10 Å². The van der Waals surface area contributed by atoms with Crippen LogP contribution < -0.4 is 0 Å². The minimum Gasteiger partial charge on any atom is -0.381 e. The Hall–Kier alpha value is -0.720. The number of hydrogen-bond donors (Lipinski definition) is 1. The van der Waals surface area contributed by atoms with Crippen LogP contribution in [0.4, 0.5) is 13.2 Å². The van der Waals surface area contributed by atoms with Crippen LogP contribution in [0.1, 0.15) is 5.56 Å². The second-order valence-corrected chi connectivity index (χ2v) is 4.47. The van der Waals surface area contributed by atoms with Gasteiger partial charge in [0, 0.05) is 12.9 Å². The van der Waals surface area contributed by atoms with Crippen LogP contribution in [0, 0.1) is 0 Å². The summed E-state index contributed by atoms with van der Waals surface area (Å²) in [6.07, 6.45) is -7.13. The van der Waals surface area contributed by atoms with Gasteiger partial charge >= 0.3 is 6.18 Å². The Labute approximate surface area is 102 Å². The van der Waals surface area contributed by atoms with Gasteiger partial charge in [0.25, 0.3) is 0 Å². The Morgan fingerprint density at radius 3 is 2.35 bits per heavy atom. The fourth-order valence-corrected chi connectivity index (χ4v) is 2.22. The molecule has 0 spiro atoms. The fraction of sp³-hybridized carbons (Fsp3) is 0.455. The highest BCUT2D eigenvalue weighted by atomic mass is 32.2. The summed E-state index contributed by atoms with van der Waals surface area (Å²) in [5, 5.41) is 9.05. The Morgan fingerprint density at radius 2 is 1.88 bits per heavy atom. The molecule has 0 aliphatic heterocycles. The summed E-state index contributed by atoms with van der Waals surface area (Å²) in [6, 6.07) is 9.04. The summed E-state index contributed by atoms with van der Waals surface area (Å²) in [6.45, 7) is 0. The third-order valence-corrected chi connectivity index (χ3v) is 3.36. The molecule has 0 saturated heterocycles. The van der Waals surface area contributed by atoms with Crippen molar-refractivity contribution in [3.05, 3.63) is 35.9 Å². The van der Waals surface area contributed by atoms with Gasteiger partial charge in [0.2, 0.25) is 0 Å². The van der Waals surface area contributed by atoms with E-state index < -0.39 is 17.7 Å². The minimum absolute atomic E-state index is 0.354. The quantitative estimate of drug-likeness (QED) is 0.831. The first-order chi connectivity index (χ1) is 7.95. The molecule has 1 rings (SSSR count). The summed E-state index contributed by atoms with van der Waals surface area (Å²) in [5.74, 6) is 0.354. The lowest BCUT2D eigenvalue weighted by Crippen LogP contribution is -2.39. The molecule has 0 aromatic heterocycles. The minimum atomic E-state index is -4.66. The Kier molecular flexibility index (Phi) is 5.30. The monoisotopic (exact) mass is 266 g/mol. The van der Waals surface area contributed by atoms with Gasteiger partial charge in [-0.15, -0.1) is 11.8 Å². The number of hydrogen-bond acceptors (Lipinski definition) is 3. The Balaban J connectivity index is 2.54. The topological polar surface area (TPSA) is 29.5 Å². The van der Waals surface area contributed by atoms with E-state index in [4.69, 9.17) is 5.11 Å². The number of benzene rings is 1. The first-order valence-electron chi connectivity index (χ1n) is 4.88. The molecule has 0 amide bonds. The first kappa shape index (κ1) is 14.3. The van der Waals surface area contributed by atoms with Crippen molar-refractivity contribution in [1.29, 1.82) is 0 Å². The molecule has 96 valence electrons. The van der Waals surface area contributed by atoms with Gasteiger partial charge in [0.05, 0.1) is 0 Å². The van der Waals surface area contributed by atoms with Gasteiger partial charge in [-0.3, -0.25) is 0 Å². The van der Waals surface area contributed by atoms with Gasteiger partial charge in [-0.05, 0) is 5.56 Å². The summed E-state index contributed by atoms with van der Waals surface area (Å²) in [5.41, 5.74) is -0.427. The second kappa shape index (κ2) is 6.28. The fourth-order valence-electron chi connectivity index (χ4n) is 1.19. The van der Waals surface area contributed by atoms with Gasteiger partial charge in [-0.25, -0.2) is 0 Å².